The molecule has 0 aromatic heterocycles. The molecule has 1 heterocycles. The van der Waals surface area contributed by atoms with Crippen LogP contribution in [0.25, 0.3) is 0 Å². The van der Waals surface area contributed by atoms with Crippen LogP contribution in [0, 0.1) is 11.3 Å². The number of amides is 3. The Hall–Kier alpha value is -2.66. The molecule has 1 atom stereocenters. The van der Waals surface area contributed by atoms with Gasteiger partial charge in [-0.25, -0.2) is 0 Å². The van der Waals surface area contributed by atoms with Gasteiger partial charge in [-0.2, -0.15) is 13.2 Å². The van der Waals surface area contributed by atoms with E-state index >= 15 is 0 Å². The smallest absolute Gasteiger partial charge is 0.370 e. The van der Waals surface area contributed by atoms with Crippen molar-refractivity contribution in [2.24, 2.45) is 17.1 Å². The molecule has 0 radical (unpaired) electrons. The van der Waals surface area contributed by atoms with Crippen LogP contribution in [0.5, 0.6) is 0 Å². The quantitative estimate of drug-likeness (QED) is 0.550. The molecule has 0 bridgehead atoms. The number of alkyl halides is 3. The van der Waals surface area contributed by atoms with E-state index in [9.17, 15) is 27.6 Å². The van der Waals surface area contributed by atoms with Gasteiger partial charge >= 0.3 is 6.18 Å². The van der Waals surface area contributed by atoms with Crippen LogP contribution in [0.2, 0.25) is 0 Å². The first kappa shape index (κ1) is 27.6. The summed E-state index contributed by atoms with van der Waals surface area (Å²) in [6.45, 7) is 10.3. The molecule has 11 heteroatoms. The standard InChI is InChI=1S/C23H33F3N4O4/c1-14(2)11-29(13-22(3,4)5)19(20(27)32)21(33)28-17-7-6-15(10-16(17)23(24,25)26)30-8-9-34-12-18(30)31/h6-7,10,14,19H,8-9,11-13H2,1-5H3,(H2,27,32)(H,28,33)/t19-/m0/s1. The third kappa shape index (κ3) is 7.42. The summed E-state index contributed by atoms with van der Waals surface area (Å²) < 4.78 is 46.6. The van der Waals surface area contributed by atoms with Gasteiger partial charge in [0.2, 0.25) is 5.91 Å². The molecule has 1 aromatic rings. The Morgan fingerprint density at radius 1 is 1.24 bits per heavy atom. The molecule has 0 unspecified atom stereocenters. The van der Waals surface area contributed by atoms with Gasteiger partial charge in [-0.3, -0.25) is 19.3 Å². The molecule has 3 amide bonds. The number of carbonyl (C=O) groups excluding carboxylic acids is 3. The summed E-state index contributed by atoms with van der Waals surface area (Å²) in [5.41, 5.74) is 3.62. The molecule has 3 N–H and O–H groups in total. The lowest BCUT2D eigenvalue weighted by atomic mass is 9.94. The van der Waals surface area contributed by atoms with E-state index in [1.54, 1.807) is 4.90 Å². The van der Waals surface area contributed by atoms with Crippen molar-refractivity contribution < 1.29 is 32.3 Å². The Bertz CT molecular complexity index is 912. The number of primary amides is 1. The van der Waals surface area contributed by atoms with E-state index < -0.39 is 41.2 Å². The predicted molar refractivity (Wildman–Crippen MR) is 122 cm³/mol. The molecular formula is C23H33F3N4O4. The topological polar surface area (TPSA) is 105 Å². The third-order valence-electron chi connectivity index (χ3n) is 5.02. The van der Waals surface area contributed by atoms with Crippen molar-refractivity contribution in [3.63, 3.8) is 0 Å². The predicted octanol–water partition coefficient (Wildman–Crippen LogP) is 2.87. The van der Waals surface area contributed by atoms with E-state index in [1.807, 2.05) is 34.6 Å². The lowest BCUT2D eigenvalue weighted by Gasteiger charge is -2.35. The number of halogens is 3. The summed E-state index contributed by atoms with van der Waals surface area (Å²) in [4.78, 5) is 40.2. The summed E-state index contributed by atoms with van der Waals surface area (Å²) in [6, 6.07) is 1.74. The van der Waals surface area contributed by atoms with Gasteiger partial charge in [0.15, 0.2) is 6.04 Å². The van der Waals surface area contributed by atoms with Crippen LogP contribution in [0.4, 0.5) is 24.5 Å². The van der Waals surface area contributed by atoms with Crippen LogP contribution in [0.1, 0.15) is 40.2 Å². The van der Waals surface area contributed by atoms with Gasteiger partial charge in [0, 0.05) is 25.3 Å². The van der Waals surface area contributed by atoms with Crippen molar-refractivity contribution >= 4 is 29.1 Å². The van der Waals surface area contributed by atoms with Gasteiger partial charge in [-0.15, -0.1) is 0 Å². The van der Waals surface area contributed by atoms with Crippen LogP contribution in [0.15, 0.2) is 18.2 Å². The maximum absolute atomic E-state index is 13.9. The van der Waals surface area contributed by atoms with E-state index in [2.05, 4.69) is 5.32 Å². The zero-order chi connectivity index (χ0) is 25.8. The normalized spacial score (nSPS) is 16.2. The van der Waals surface area contributed by atoms with Crippen LogP contribution in [-0.2, 0) is 25.3 Å². The summed E-state index contributed by atoms with van der Waals surface area (Å²) in [5, 5.41) is 2.25. The minimum Gasteiger partial charge on any atom is -0.370 e. The van der Waals surface area contributed by atoms with Crippen molar-refractivity contribution in [1.82, 2.24) is 4.90 Å². The average molecular weight is 487 g/mol. The number of benzene rings is 1. The van der Waals surface area contributed by atoms with Crippen LogP contribution < -0.4 is 16.0 Å². The number of nitrogens with zero attached hydrogens (tertiary/aromatic N) is 2. The molecule has 1 aliphatic rings. The number of morpholine rings is 1. The fraction of sp³-hybridized carbons (Fsp3) is 0.609. The minimum absolute atomic E-state index is 0.0410. The van der Waals surface area contributed by atoms with E-state index in [0.717, 1.165) is 12.1 Å². The number of rotatable bonds is 8. The second-order valence-corrected chi connectivity index (χ2v) is 10.0. The molecule has 0 spiro atoms. The Morgan fingerprint density at radius 2 is 1.88 bits per heavy atom. The molecule has 2 rings (SSSR count). The van der Waals surface area contributed by atoms with Crippen molar-refractivity contribution in [1.29, 1.82) is 0 Å². The van der Waals surface area contributed by atoms with Gasteiger partial charge in [0.25, 0.3) is 11.8 Å². The molecule has 34 heavy (non-hydrogen) atoms. The lowest BCUT2D eigenvalue weighted by molar-refractivity contribution is -0.137. The Kier molecular flexibility index (Phi) is 8.70. The molecule has 190 valence electrons. The minimum atomic E-state index is -4.82. The van der Waals surface area contributed by atoms with Gasteiger partial charge in [-0.05, 0) is 29.5 Å². The molecule has 0 aliphatic carbocycles. The second-order valence-electron chi connectivity index (χ2n) is 10.0. The number of ether oxygens (including phenoxy) is 1. The Morgan fingerprint density at radius 3 is 2.38 bits per heavy atom. The van der Waals surface area contributed by atoms with Crippen LogP contribution in [0.3, 0.4) is 0 Å². The molecule has 1 aliphatic heterocycles. The first-order valence-electron chi connectivity index (χ1n) is 11.0. The summed E-state index contributed by atoms with van der Waals surface area (Å²) in [6.07, 6.45) is -4.82. The first-order chi connectivity index (χ1) is 15.6. The van der Waals surface area contributed by atoms with E-state index in [4.69, 9.17) is 10.5 Å². The van der Waals surface area contributed by atoms with E-state index in [-0.39, 0.29) is 36.8 Å². The molecule has 1 aromatic carbocycles. The number of nitrogens with one attached hydrogen (secondary N) is 1. The van der Waals surface area contributed by atoms with Gasteiger partial charge < -0.3 is 20.7 Å². The highest BCUT2D eigenvalue weighted by molar-refractivity contribution is 6.10. The molecule has 1 saturated heterocycles. The monoisotopic (exact) mass is 486 g/mol. The maximum Gasteiger partial charge on any atom is 0.418 e. The highest BCUT2D eigenvalue weighted by Gasteiger charge is 2.38. The Balaban J connectivity index is 2.40. The number of anilines is 2. The maximum atomic E-state index is 13.9. The van der Waals surface area contributed by atoms with E-state index in [0.29, 0.717) is 13.1 Å². The summed E-state index contributed by atoms with van der Waals surface area (Å²) in [7, 11) is 0. The van der Waals surface area contributed by atoms with Crippen molar-refractivity contribution in [3.05, 3.63) is 23.8 Å². The Labute approximate surface area is 197 Å². The fourth-order valence-corrected chi connectivity index (χ4v) is 3.85. The van der Waals surface area contributed by atoms with Crippen molar-refractivity contribution in [3.8, 4) is 0 Å². The number of nitrogens with two attached hydrogens (primary N) is 1. The summed E-state index contributed by atoms with van der Waals surface area (Å²) >= 11 is 0. The summed E-state index contributed by atoms with van der Waals surface area (Å²) in [5.74, 6) is -2.28. The zero-order valence-corrected chi connectivity index (χ0v) is 20.2. The van der Waals surface area contributed by atoms with Crippen LogP contribution >= 0.6 is 0 Å². The van der Waals surface area contributed by atoms with Gasteiger partial charge in [0.05, 0.1) is 17.9 Å². The van der Waals surface area contributed by atoms with E-state index in [1.165, 1.54) is 11.0 Å². The molecule has 1 fully saturated rings. The van der Waals surface area contributed by atoms with Crippen LogP contribution in [-0.4, -0.2) is 61.5 Å². The molecule has 0 saturated carbocycles. The highest BCUT2D eigenvalue weighted by Crippen LogP contribution is 2.38. The fourth-order valence-electron chi connectivity index (χ4n) is 3.85. The highest BCUT2D eigenvalue weighted by atomic mass is 19.4. The van der Waals surface area contributed by atoms with Crippen molar-refractivity contribution in [2.75, 3.05) is 43.1 Å². The lowest BCUT2D eigenvalue weighted by Crippen LogP contribution is -2.55. The third-order valence-corrected chi connectivity index (χ3v) is 5.02. The molecular weight excluding hydrogens is 453 g/mol. The zero-order valence-electron chi connectivity index (χ0n) is 20.2. The van der Waals surface area contributed by atoms with Crippen molar-refractivity contribution in [2.45, 2.75) is 46.8 Å². The first-order valence-corrected chi connectivity index (χ1v) is 11.0. The number of hydrogen-bond acceptors (Lipinski definition) is 5. The van der Waals surface area contributed by atoms with Gasteiger partial charge in [-0.1, -0.05) is 34.6 Å². The average Bonchev–Trinajstić information content (AvgIpc) is 2.66. The largest absolute Gasteiger partial charge is 0.418 e. The molecule has 8 nitrogen and oxygen atoms in total. The second kappa shape index (κ2) is 10.7. The number of hydrogen-bond donors (Lipinski definition) is 2. The van der Waals surface area contributed by atoms with Gasteiger partial charge in [0.1, 0.15) is 6.61 Å². The SMILES string of the molecule is CC(C)CN(CC(C)(C)C)[C@@H](C(N)=O)C(=O)Nc1ccc(N2CCOCC2=O)cc1C(F)(F)F. The number of carbonyl (C=O) groups is 3.